The molecule has 3 heteroatoms. The number of likely N-dealkylation sites (tertiary alicyclic amines) is 1. The summed E-state index contributed by atoms with van der Waals surface area (Å²) in [5.74, 6) is 0.371. The van der Waals surface area contributed by atoms with Crippen LogP contribution in [-0.2, 0) is 0 Å². The maximum atomic E-state index is 11.8. The summed E-state index contributed by atoms with van der Waals surface area (Å²) < 4.78 is 0. The van der Waals surface area contributed by atoms with E-state index in [1.807, 2.05) is 30.3 Å². The molecule has 1 unspecified atom stereocenters. The third kappa shape index (κ3) is 3.93. The highest BCUT2D eigenvalue weighted by Crippen LogP contribution is 2.38. The largest absolute Gasteiger partial charge is 0.465 e. The minimum atomic E-state index is -0.831. The van der Waals surface area contributed by atoms with Gasteiger partial charge in [0.1, 0.15) is 0 Å². The van der Waals surface area contributed by atoms with Crippen LogP contribution in [0.4, 0.5) is 4.79 Å². The molecule has 0 spiro atoms. The summed E-state index contributed by atoms with van der Waals surface area (Å²) in [5, 5.41) is 9.68. The number of nitrogens with zero attached hydrogens (tertiary/aromatic N) is 1. The molecule has 0 radical (unpaired) electrons. The molecule has 0 aromatic heterocycles. The summed E-state index contributed by atoms with van der Waals surface area (Å²) >= 11 is 0. The number of benzene rings is 2. The Morgan fingerprint density at radius 2 is 1.80 bits per heavy atom. The first-order chi connectivity index (χ1) is 12.1. The van der Waals surface area contributed by atoms with E-state index >= 15 is 0 Å². The Bertz CT molecular complexity index is 765. The van der Waals surface area contributed by atoms with Crippen molar-refractivity contribution in [3.63, 3.8) is 0 Å². The van der Waals surface area contributed by atoms with Crippen LogP contribution in [0, 0.1) is 0 Å². The van der Waals surface area contributed by atoms with Gasteiger partial charge in [-0.2, -0.15) is 0 Å². The van der Waals surface area contributed by atoms with Crippen LogP contribution >= 0.6 is 0 Å². The molecule has 25 heavy (non-hydrogen) atoms. The average molecular weight is 335 g/mol. The summed E-state index contributed by atoms with van der Waals surface area (Å²) in [6, 6.07) is 18.4. The molecule has 1 N–H and O–H groups in total. The van der Waals surface area contributed by atoms with E-state index in [0.717, 1.165) is 18.4 Å². The van der Waals surface area contributed by atoms with E-state index < -0.39 is 6.09 Å². The normalized spacial score (nSPS) is 19.4. The van der Waals surface area contributed by atoms with Gasteiger partial charge in [-0.05, 0) is 35.4 Å². The molecular formula is C22H25NO2. The Morgan fingerprint density at radius 3 is 2.48 bits per heavy atom. The Morgan fingerprint density at radius 1 is 1.12 bits per heavy atom. The fourth-order valence-electron chi connectivity index (χ4n) is 3.64. The fraction of sp³-hybridized carbons (Fsp3) is 0.318. The van der Waals surface area contributed by atoms with Gasteiger partial charge in [0, 0.05) is 6.54 Å². The summed E-state index contributed by atoms with van der Waals surface area (Å²) in [6.07, 6.45) is 2.93. The minimum Gasteiger partial charge on any atom is -0.465 e. The van der Waals surface area contributed by atoms with Crippen LogP contribution in [0.1, 0.15) is 55.3 Å². The van der Waals surface area contributed by atoms with Gasteiger partial charge in [-0.3, -0.25) is 0 Å². The molecule has 130 valence electrons. The number of carboxylic acid groups (broad SMARTS) is 1. The number of hydrogen-bond acceptors (Lipinski definition) is 1. The Hall–Kier alpha value is -2.55. The Kier molecular flexibility index (Phi) is 5.22. The number of carbonyl (C=O) groups is 1. The monoisotopic (exact) mass is 335 g/mol. The van der Waals surface area contributed by atoms with Gasteiger partial charge < -0.3 is 10.0 Å². The summed E-state index contributed by atoms with van der Waals surface area (Å²) in [5.41, 5.74) is 4.86. The zero-order valence-corrected chi connectivity index (χ0v) is 14.9. The highest BCUT2D eigenvalue weighted by molar-refractivity contribution is 5.67. The molecule has 1 amide bonds. The van der Waals surface area contributed by atoms with Crippen LogP contribution in [0.25, 0.3) is 6.08 Å². The van der Waals surface area contributed by atoms with Crippen LogP contribution in [-0.4, -0.2) is 22.6 Å². The lowest BCUT2D eigenvalue weighted by molar-refractivity contribution is 0.116. The average Bonchev–Trinajstić information content (AvgIpc) is 2.62. The van der Waals surface area contributed by atoms with E-state index in [1.54, 1.807) is 4.90 Å². The van der Waals surface area contributed by atoms with E-state index in [0.29, 0.717) is 12.5 Å². The first-order valence-electron chi connectivity index (χ1n) is 8.89. The highest BCUT2D eigenvalue weighted by Gasteiger charge is 2.31. The van der Waals surface area contributed by atoms with E-state index in [1.165, 1.54) is 16.7 Å². The van der Waals surface area contributed by atoms with Crippen molar-refractivity contribution in [1.82, 2.24) is 4.90 Å². The van der Waals surface area contributed by atoms with Crippen LogP contribution < -0.4 is 0 Å². The molecule has 1 aliphatic rings. The smallest absolute Gasteiger partial charge is 0.407 e. The van der Waals surface area contributed by atoms with Crippen molar-refractivity contribution in [2.75, 3.05) is 6.54 Å². The van der Waals surface area contributed by atoms with Crippen LogP contribution in [0.2, 0.25) is 0 Å². The second kappa shape index (κ2) is 7.56. The number of piperidine rings is 1. The van der Waals surface area contributed by atoms with Crippen molar-refractivity contribution >= 4 is 12.2 Å². The van der Waals surface area contributed by atoms with Crippen LogP contribution in [0.15, 0.2) is 60.2 Å². The number of hydrogen-bond donors (Lipinski definition) is 1. The first kappa shape index (κ1) is 17.3. The SMILES string of the molecule is CC(C)c1ccccc1C1C/C(=C/c2ccccc2)CCN1C(=O)O. The zero-order valence-electron chi connectivity index (χ0n) is 14.9. The fourth-order valence-corrected chi connectivity index (χ4v) is 3.64. The Balaban J connectivity index is 1.96. The second-order valence-corrected chi connectivity index (χ2v) is 6.94. The molecular weight excluding hydrogens is 310 g/mol. The van der Waals surface area contributed by atoms with E-state index in [-0.39, 0.29) is 6.04 Å². The van der Waals surface area contributed by atoms with Crippen LogP contribution in [0.5, 0.6) is 0 Å². The van der Waals surface area contributed by atoms with Gasteiger partial charge in [0.15, 0.2) is 0 Å². The highest BCUT2D eigenvalue weighted by atomic mass is 16.4. The molecule has 2 aromatic carbocycles. The summed E-state index contributed by atoms with van der Waals surface area (Å²) in [6.45, 7) is 4.87. The van der Waals surface area contributed by atoms with E-state index in [9.17, 15) is 9.90 Å². The molecule has 1 heterocycles. The van der Waals surface area contributed by atoms with Gasteiger partial charge in [0.25, 0.3) is 0 Å². The van der Waals surface area contributed by atoms with Gasteiger partial charge in [-0.25, -0.2) is 4.79 Å². The maximum Gasteiger partial charge on any atom is 0.407 e. The zero-order chi connectivity index (χ0) is 17.8. The van der Waals surface area contributed by atoms with Crippen molar-refractivity contribution in [2.24, 2.45) is 0 Å². The predicted octanol–water partition coefficient (Wildman–Crippen LogP) is 5.71. The Labute approximate surface area is 149 Å². The predicted molar refractivity (Wildman–Crippen MR) is 102 cm³/mol. The molecule has 1 fully saturated rings. The lowest BCUT2D eigenvalue weighted by atomic mass is 9.85. The summed E-state index contributed by atoms with van der Waals surface area (Å²) in [4.78, 5) is 13.4. The van der Waals surface area contributed by atoms with Crippen molar-refractivity contribution in [2.45, 2.75) is 38.6 Å². The molecule has 1 atom stereocenters. The number of rotatable bonds is 3. The molecule has 1 saturated heterocycles. The molecule has 2 aromatic rings. The van der Waals surface area contributed by atoms with Gasteiger partial charge >= 0.3 is 6.09 Å². The number of amides is 1. The van der Waals surface area contributed by atoms with Crippen molar-refractivity contribution < 1.29 is 9.90 Å². The molecule has 3 rings (SSSR count). The third-order valence-corrected chi connectivity index (χ3v) is 4.90. The van der Waals surface area contributed by atoms with E-state index in [4.69, 9.17) is 0 Å². The van der Waals surface area contributed by atoms with Crippen LogP contribution in [0.3, 0.4) is 0 Å². The van der Waals surface area contributed by atoms with E-state index in [2.05, 4.69) is 44.2 Å². The van der Waals surface area contributed by atoms with Gasteiger partial charge in [0.2, 0.25) is 0 Å². The van der Waals surface area contributed by atoms with Gasteiger partial charge in [0.05, 0.1) is 6.04 Å². The van der Waals surface area contributed by atoms with Crippen molar-refractivity contribution in [3.05, 3.63) is 76.9 Å². The minimum absolute atomic E-state index is 0.111. The first-order valence-corrected chi connectivity index (χ1v) is 8.89. The van der Waals surface area contributed by atoms with Crippen molar-refractivity contribution in [3.8, 4) is 0 Å². The van der Waals surface area contributed by atoms with Gasteiger partial charge in [-0.1, -0.05) is 80.1 Å². The second-order valence-electron chi connectivity index (χ2n) is 6.94. The molecule has 0 saturated carbocycles. The van der Waals surface area contributed by atoms with Gasteiger partial charge in [-0.15, -0.1) is 0 Å². The lowest BCUT2D eigenvalue weighted by Crippen LogP contribution is -2.38. The molecule has 3 nitrogen and oxygen atoms in total. The molecule has 0 aliphatic carbocycles. The topological polar surface area (TPSA) is 40.5 Å². The maximum absolute atomic E-state index is 11.8. The standard InChI is InChI=1S/C22H25NO2/c1-16(2)19-10-6-7-11-20(19)21-15-18(12-13-23(21)22(24)25)14-17-8-4-3-5-9-17/h3-11,14,16,21H,12-13,15H2,1-2H3,(H,24,25)/b18-14+. The van der Waals surface area contributed by atoms with Crippen molar-refractivity contribution in [1.29, 1.82) is 0 Å². The third-order valence-electron chi connectivity index (χ3n) is 4.90. The molecule has 0 bridgehead atoms. The molecule has 1 aliphatic heterocycles. The lowest BCUT2D eigenvalue weighted by Gasteiger charge is -2.36. The quantitative estimate of drug-likeness (QED) is 0.780. The summed E-state index contributed by atoms with van der Waals surface area (Å²) in [7, 11) is 0.